The summed E-state index contributed by atoms with van der Waals surface area (Å²) < 4.78 is 1.45. The van der Waals surface area contributed by atoms with Gasteiger partial charge in [-0.2, -0.15) is 0 Å². The number of nitrogens with one attached hydrogen (secondary N) is 1. The molecule has 7 heteroatoms. The molecule has 2 heterocycles. The maximum Gasteiger partial charge on any atom is 0.185 e. The van der Waals surface area contributed by atoms with E-state index in [1.54, 1.807) is 0 Å². The average molecular weight is 165 g/mol. The van der Waals surface area contributed by atoms with E-state index >= 15 is 0 Å². The minimum atomic E-state index is 0.342. The first-order chi connectivity index (χ1) is 5.83. The van der Waals surface area contributed by atoms with Gasteiger partial charge < -0.3 is 5.73 Å². The molecule has 0 atom stereocenters. The summed E-state index contributed by atoms with van der Waals surface area (Å²) in [5.74, 6) is 5.52. The normalized spacial score (nSPS) is 10.4. The van der Waals surface area contributed by atoms with E-state index in [4.69, 9.17) is 11.6 Å². The number of fused-ring (bicyclic) bond motifs is 1. The van der Waals surface area contributed by atoms with E-state index in [9.17, 15) is 0 Å². The number of hydrogen-bond donors (Lipinski definition) is 3. The van der Waals surface area contributed by atoms with E-state index < -0.39 is 0 Å². The molecule has 12 heavy (non-hydrogen) atoms. The van der Waals surface area contributed by atoms with Crippen LogP contribution in [-0.4, -0.2) is 19.6 Å². The van der Waals surface area contributed by atoms with Crippen LogP contribution in [0.1, 0.15) is 0 Å². The Bertz CT molecular complexity index is 405. The van der Waals surface area contributed by atoms with E-state index in [-0.39, 0.29) is 0 Å². The molecule has 0 aromatic carbocycles. The van der Waals surface area contributed by atoms with Gasteiger partial charge in [0, 0.05) is 0 Å². The summed E-state index contributed by atoms with van der Waals surface area (Å²) in [6.07, 6.45) is 2.84. The van der Waals surface area contributed by atoms with Gasteiger partial charge in [-0.15, -0.1) is 0 Å². The van der Waals surface area contributed by atoms with Gasteiger partial charge in [0.25, 0.3) is 0 Å². The lowest BCUT2D eigenvalue weighted by atomic mass is 10.5. The summed E-state index contributed by atoms with van der Waals surface area (Å²) in [6, 6.07) is 0. The first-order valence-corrected chi connectivity index (χ1v) is 3.23. The van der Waals surface area contributed by atoms with E-state index in [1.165, 1.54) is 17.3 Å². The number of rotatable bonds is 1. The van der Waals surface area contributed by atoms with Crippen LogP contribution < -0.4 is 17.1 Å². The van der Waals surface area contributed by atoms with E-state index in [0.717, 1.165) is 0 Å². The summed E-state index contributed by atoms with van der Waals surface area (Å²) in [5, 5.41) is 0. The van der Waals surface area contributed by atoms with Gasteiger partial charge in [0.2, 0.25) is 0 Å². The number of nitrogen functional groups attached to an aromatic ring is 2. The largest absolute Gasteiger partial charge is 0.382 e. The smallest absolute Gasteiger partial charge is 0.185 e. The van der Waals surface area contributed by atoms with Gasteiger partial charge in [0.05, 0.1) is 0 Å². The van der Waals surface area contributed by atoms with Crippen molar-refractivity contribution in [2.75, 3.05) is 11.3 Å². The van der Waals surface area contributed by atoms with Crippen molar-refractivity contribution in [3.05, 3.63) is 12.7 Å². The summed E-state index contributed by atoms with van der Waals surface area (Å²) in [6.45, 7) is 0. The number of hydrazine groups is 1. The maximum atomic E-state index is 5.53. The quantitative estimate of drug-likeness (QED) is 0.363. The molecule has 0 bridgehead atoms. The number of hydrogen-bond acceptors (Lipinski definition) is 6. The van der Waals surface area contributed by atoms with E-state index in [0.29, 0.717) is 17.0 Å². The minimum absolute atomic E-state index is 0.342. The third-order valence-electron chi connectivity index (χ3n) is 1.50. The van der Waals surface area contributed by atoms with Crippen molar-refractivity contribution < 1.29 is 0 Å². The fourth-order valence-corrected chi connectivity index (χ4v) is 0.947. The van der Waals surface area contributed by atoms with Crippen molar-refractivity contribution in [1.82, 2.24) is 19.6 Å². The van der Waals surface area contributed by atoms with Crippen LogP contribution in [0, 0.1) is 0 Å². The number of imidazole rings is 1. The van der Waals surface area contributed by atoms with Crippen molar-refractivity contribution >= 4 is 17.0 Å². The molecule has 0 aliphatic heterocycles. The molecule has 0 unspecified atom stereocenters. The SMILES string of the molecule is NNn1cnc2c(N)ncnc21. The molecule has 0 spiro atoms. The Morgan fingerprint density at radius 2 is 2.17 bits per heavy atom. The van der Waals surface area contributed by atoms with Gasteiger partial charge in [-0.3, -0.25) is 5.53 Å². The van der Waals surface area contributed by atoms with Crippen molar-refractivity contribution in [3.8, 4) is 0 Å². The standard InChI is InChI=1S/C5H7N7/c6-4-3-5(9-1-8-4)12(11-7)2-10-3/h1-2,11H,7H2,(H2,6,8,9). The summed E-state index contributed by atoms with van der Waals surface area (Å²) >= 11 is 0. The Labute approximate surface area is 67.4 Å². The van der Waals surface area contributed by atoms with Crippen LogP contribution in [0.4, 0.5) is 5.82 Å². The molecular weight excluding hydrogens is 158 g/mol. The zero-order valence-corrected chi connectivity index (χ0v) is 6.10. The van der Waals surface area contributed by atoms with Gasteiger partial charge >= 0.3 is 0 Å². The maximum absolute atomic E-state index is 5.53. The summed E-state index contributed by atoms with van der Waals surface area (Å²) in [7, 11) is 0. The Kier molecular flexibility index (Phi) is 1.31. The molecule has 2 aromatic heterocycles. The first kappa shape index (κ1) is 6.80. The molecule has 0 saturated heterocycles. The Hall–Kier alpha value is -1.89. The van der Waals surface area contributed by atoms with Gasteiger partial charge in [-0.1, -0.05) is 0 Å². The molecule has 2 rings (SSSR count). The predicted octanol–water partition coefficient (Wildman–Crippen LogP) is -1.17. The molecule has 0 amide bonds. The third kappa shape index (κ3) is 0.768. The van der Waals surface area contributed by atoms with Crippen LogP contribution >= 0.6 is 0 Å². The molecule has 62 valence electrons. The van der Waals surface area contributed by atoms with Crippen LogP contribution in [0.25, 0.3) is 11.2 Å². The Morgan fingerprint density at radius 1 is 1.33 bits per heavy atom. The topological polar surface area (TPSA) is 108 Å². The lowest BCUT2D eigenvalue weighted by Crippen LogP contribution is -2.20. The zero-order valence-electron chi connectivity index (χ0n) is 6.10. The first-order valence-electron chi connectivity index (χ1n) is 3.23. The second-order valence-corrected chi connectivity index (χ2v) is 2.17. The zero-order chi connectivity index (χ0) is 8.55. The Balaban J connectivity index is 2.80. The number of nitrogens with zero attached hydrogens (tertiary/aromatic N) is 4. The van der Waals surface area contributed by atoms with Gasteiger partial charge in [-0.05, 0) is 0 Å². The highest BCUT2D eigenvalue weighted by Gasteiger charge is 2.05. The Morgan fingerprint density at radius 3 is 2.92 bits per heavy atom. The second-order valence-electron chi connectivity index (χ2n) is 2.17. The van der Waals surface area contributed by atoms with Gasteiger partial charge in [0.15, 0.2) is 17.0 Å². The average Bonchev–Trinajstić information content (AvgIpc) is 2.49. The number of anilines is 1. The monoisotopic (exact) mass is 165 g/mol. The van der Waals surface area contributed by atoms with Gasteiger partial charge in [-0.25, -0.2) is 25.5 Å². The van der Waals surface area contributed by atoms with Gasteiger partial charge in [0.1, 0.15) is 12.7 Å². The van der Waals surface area contributed by atoms with Crippen LogP contribution in [-0.2, 0) is 0 Å². The highest BCUT2D eigenvalue weighted by atomic mass is 15.6. The summed E-state index contributed by atoms with van der Waals surface area (Å²) in [5.41, 5.74) is 9.01. The number of aromatic nitrogens is 4. The second kappa shape index (κ2) is 2.31. The highest BCUT2D eigenvalue weighted by Crippen LogP contribution is 2.11. The van der Waals surface area contributed by atoms with Crippen molar-refractivity contribution in [2.45, 2.75) is 0 Å². The predicted molar refractivity (Wildman–Crippen MR) is 43.3 cm³/mol. The molecular formula is C5H7N7. The van der Waals surface area contributed by atoms with Crippen LogP contribution in [0.15, 0.2) is 12.7 Å². The lowest BCUT2D eigenvalue weighted by Gasteiger charge is -1.98. The van der Waals surface area contributed by atoms with E-state index in [1.807, 2.05) is 0 Å². The van der Waals surface area contributed by atoms with Crippen molar-refractivity contribution in [3.63, 3.8) is 0 Å². The van der Waals surface area contributed by atoms with Crippen LogP contribution in [0.5, 0.6) is 0 Å². The van der Waals surface area contributed by atoms with E-state index in [2.05, 4.69) is 20.5 Å². The fourth-order valence-electron chi connectivity index (χ4n) is 0.947. The van der Waals surface area contributed by atoms with Crippen molar-refractivity contribution in [1.29, 1.82) is 0 Å². The van der Waals surface area contributed by atoms with Crippen molar-refractivity contribution in [2.24, 2.45) is 5.84 Å². The molecule has 2 aromatic rings. The lowest BCUT2D eigenvalue weighted by molar-refractivity contribution is 0.892. The van der Waals surface area contributed by atoms with Crippen LogP contribution in [0.2, 0.25) is 0 Å². The molecule has 0 radical (unpaired) electrons. The molecule has 5 N–H and O–H groups in total. The molecule has 0 aliphatic carbocycles. The summed E-state index contributed by atoms with van der Waals surface area (Å²) in [4.78, 5) is 11.7. The third-order valence-corrected chi connectivity index (χ3v) is 1.50. The molecule has 7 nitrogen and oxygen atoms in total. The number of nitrogens with two attached hydrogens (primary N) is 2. The molecule has 0 aliphatic rings. The molecule has 0 fully saturated rings. The fraction of sp³-hybridized carbons (Fsp3) is 0. The minimum Gasteiger partial charge on any atom is -0.382 e. The highest BCUT2D eigenvalue weighted by molar-refractivity contribution is 5.81. The molecule has 0 saturated carbocycles. The van der Waals surface area contributed by atoms with Crippen LogP contribution in [0.3, 0.4) is 0 Å².